The van der Waals surface area contributed by atoms with Gasteiger partial charge in [0.15, 0.2) is 11.9 Å². The number of ketones is 1. The van der Waals surface area contributed by atoms with Gasteiger partial charge in [-0.25, -0.2) is 0 Å². The van der Waals surface area contributed by atoms with E-state index in [4.69, 9.17) is 0 Å². The Morgan fingerprint density at radius 1 is 1.00 bits per heavy atom. The van der Waals surface area contributed by atoms with Crippen LogP contribution < -0.4 is 9.13 Å². The van der Waals surface area contributed by atoms with Crippen LogP contribution in [0.1, 0.15) is 22.8 Å². The van der Waals surface area contributed by atoms with Crippen molar-refractivity contribution in [3.05, 3.63) is 59.7 Å². The molecule has 0 saturated heterocycles. The maximum atomic E-state index is 12.6. The van der Waals surface area contributed by atoms with E-state index in [-0.39, 0.29) is 24.2 Å². The van der Waals surface area contributed by atoms with Crippen LogP contribution in [0.5, 0.6) is 11.9 Å². The fraction of sp³-hybridized carbons (Fsp3) is 0.211. The summed E-state index contributed by atoms with van der Waals surface area (Å²) in [5.41, 5.74) is 2.28. The summed E-state index contributed by atoms with van der Waals surface area (Å²) in [4.78, 5) is 12.6. The van der Waals surface area contributed by atoms with Gasteiger partial charge >= 0.3 is 11.9 Å². The number of Topliss-reactive ketones (excluding diaryl/α,β-unsaturated/α-hetero) is 1. The molecule has 0 atom stereocenters. The van der Waals surface area contributed by atoms with Gasteiger partial charge in [0, 0.05) is 11.6 Å². The SMILES string of the molecule is CC[n+]1c(O)c2ccccc2[n+](CC(=O)c2ccc(C)cc2)c1O. The zero-order chi connectivity index (χ0) is 17.3. The number of hydrogen-bond donors (Lipinski definition) is 2. The molecule has 122 valence electrons. The highest BCUT2D eigenvalue weighted by atomic mass is 16.3. The van der Waals surface area contributed by atoms with Gasteiger partial charge in [-0.2, -0.15) is 0 Å². The fourth-order valence-corrected chi connectivity index (χ4v) is 2.81. The van der Waals surface area contributed by atoms with Gasteiger partial charge < -0.3 is 10.2 Å². The number of fused-ring (bicyclic) bond motifs is 1. The molecule has 3 aromatic rings. The molecule has 3 rings (SSSR count). The second kappa shape index (κ2) is 6.28. The van der Waals surface area contributed by atoms with Crippen molar-refractivity contribution in [2.24, 2.45) is 0 Å². The normalized spacial score (nSPS) is 10.9. The first-order valence-electron chi connectivity index (χ1n) is 7.89. The molecule has 0 aliphatic heterocycles. The average Bonchev–Trinajstić information content (AvgIpc) is 2.59. The first kappa shape index (κ1) is 15.9. The van der Waals surface area contributed by atoms with E-state index in [9.17, 15) is 15.0 Å². The molecule has 5 heteroatoms. The summed E-state index contributed by atoms with van der Waals surface area (Å²) in [6.45, 7) is 4.17. The first-order chi connectivity index (χ1) is 11.5. The van der Waals surface area contributed by atoms with Crippen molar-refractivity contribution in [3.8, 4) is 11.9 Å². The highest BCUT2D eigenvalue weighted by Crippen LogP contribution is 2.20. The molecule has 5 nitrogen and oxygen atoms in total. The summed E-state index contributed by atoms with van der Waals surface area (Å²) < 4.78 is 2.91. The van der Waals surface area contributed by atoms with Gasteiger partial charge in [0.2, 0.25) is 17.8 Å². The van der Waals surface area contributed by atoms with Crippen molar-refractivity contribution in [2.45, 2.75) is 26.9 Å². The van der Waals surface area contributed by atoms with Crippen LogP contribution >= 0.6 is 0 Å². The van der Waals surface area contributed by atoms with Crippen LogP contribution in [0.15, 0.2) is 48.5 Å². The monoisotopic (exact) mass is 324 g/mol. The molecule has 0 aliphatic rings. The van der Waals surface area contributed by atoms with Gasteiger partial charge in [0.05, 0.1) is 0 Å². The van der Waals surface area contributed by atoms with Crippen LogP contribution in [0.3, 0.4) is 0 Å². The number of nitrogens with zero attached hydrogens (tertiary/aromatic N) is 2. The van der Waals surface area contributed by atoms with E-state index in [2.05, 4.69) is 0 Å². The summed E-state index contributed by atoms with van der Waals surface area (Å²) in [5.74, 6) is -0.113. The van der Waals surface area contributed by atoms with Crippen molar-refractivity contribution in [1.82, 2.24) is 0 Å². The predicted molar refractivity (Wildman–Crippen MR) is 88.9 cm³/mol. The molecule has 0 radical (unpaired) electrons. The molecule has 0 fully saturated rings. The van der Waals surface area contributed by atoms with Gasteiger partial charge in [-0.05, 0) is 19.9 Å². The third kappa shape index (κ3) is 2.69. The number of para-hydroxylation sites is 1. The molecular formula is C19H20N2O3+2. The summed E-state index contributed by atoms with van der Waals surface area (Å²) in [7, 11) is 0. The third-order valence-corrected chi connectivity index (χ3v) is 4.17. The van der Waals surface area contributed by atoms with Crippen molar-refractivity contribution in [3.63, 3.8) is 0 Å². The number of aryl methyl sites for hydroxylation is 1. The molecule has 0 amide bonds. The molecule has 2 N–H and O–H groups in total. The Hall–Kier alpha value is -2.95. The Bertz CT molecular complexity index is 918. The minimum atomic E-state index is -0.144. The number of aromatic hydroxyl groups is 2. The molecule has 1 heterocycles. The predicted octanol–water partition coefficient (Wildman–Crippen LogP) is 2.04. The van der Waals surface area contributed by atoms with E-state index >= 15 is 0 Å². The van der Waals surface area contributed by atoms with Gasteiger partial charge in [-0.1, -0.05) is 51.1 Å². The molecule has 0 saturated carbocycles. The fourth-order valence-electron chi connectivity index (χ4n) is 2.81. The maximum absolute atomic E-state index is 12.6. The van der Waals surface area contributed by atoms with E-state index in [1.54, 1.807) is 24.3 Å². The molecule has 0 spiro atoms. The van der Waals surface area contributed by atoms with Gasteiger partial charge in [0.25, 0.3) is 0 Å². The minimum Gasteiger partial charge on any atom is -0.459 e. The number of aromatic nitrogens is 2. The second-order valence-electron chi connectivity index (χ2n) is 5.76. The Morgan fingerprint density at radius 2 is 1.67 bits per heavy atom. The highest BCUT2D eigenvalue weighted by Gasteiger charge is 2.33. The van der Waals surface area contributed by atoms with E-state index in [1.165, 1.54) is 9.13 Å². The lowest BCUT2D eigenvalue weighted by Gasteiger charge is -2.04. The molecule has 0 unspecified atom stereocenters. The maximum Gasteiger partial charge on any atom is 0.632 e. The van der Waals surface area contributed by atoms with Crippen molar-refractivity contribution < 1.29 is 24.1 Å². The van der Waals surface area contributed by atoms with E-state index in [1.807, 2.05) is 38.1 Å². The smallest absolute Gasteiger partial charge is 0.459 e. The van der Waals surface area contributed by atoms with Crippen LogP contribution in [0.25, 0.3) is 10.9 Å². The lowest BCUT2D eigenvalue weighted by atomic mass is 10.1. The van der Waals surface area contributed by atoms with Crippen LogP contribution in [0.2, 0.25) is 0 Å². The lowest BCUT2D eigenvalue weighted by molar-refractivity contribution is -0.815. The Balaban J connectivity index is 2.12. The highest BCUT2D eigenvalue weighted by molar-refractivity contribution is 5.95. The van der Waals surface area contributed by atoms with Crippen molar-refractivity contribution in [1.29, 1.82) is 0 Å². The third-order valence-electron chi connectivity index (χ3n) is 4.17. The largest absolute Gasteiger partial charge is 0.632 e. The first-order valence-corrected chi connectivity index (χ1v) is 7.89. The van der Waals surface area contributed by atoms with E-state index in [0.717, 1.165) is 5.56 Å². The number of benzene rings is 2. The molecule has 24 heavy (non-hydrogen) atoms. The molecule has 0 bridgehead atoms. The number of carbonyl (C=O) groups is 1. The molecule has 0 aliphatic carbocycles. The summed E-state index contributed by atoms with van der Waals surface area (Å²) in [6, 6.07) is 14.4. The van der Waals surface area contributed by atoms with Gasteiger partial charge in [-0.3, -0.25) is 4.79 Å². The van der Waals surface area contributed by atoms with E-state index in [0.29, 0.717) is 23.0 Å². The second-order valence-corrected chi connectivity index (χ2v) is 5.76. The summed E-state index contributed by atoms with van der Waals surface area (Å²) in [6.07, 6.45) is 0. The summed E-state index contributed by atoms with van der Waals surface area (Å²) in [5, 5.41) is 21.5. The van der Waals surface area contributed by atoms with E-state index < -0.39 is 0 Å². The van der Waals surface area contributed by atoms with Crippen LogP contribution in [-0.2, 0) is 13.1 Å². The standard InChI is InChI=1S/C19H18N2O3/c1-3-20-18(23)15-6-4-5-7-16(15)21(19(20)24)12-17(22)14-10-8-13(2)9-11-14/h4-11H,3,12H2,1-2H3/p+2. The lowest BCUT2D eigenvalue weighted by Crippen LogP contribution is -2.49. The zero-order valence-corrected chi connectivity index (χ0v) is 13.7. The molecule has 1 aromatic heterocycles. The molecular weight excluding hydrogens is 304 g/mol. The van der Waals surface area contributed by atoms with Crippen LogP contribution in [0, 0.1) is 6.92 Å². The number of carbonyl (C=O) groups excluding carboxylic acids is 1. The van der Waals surface area contributed by atoms with Gasteiger partial charge in [-0.15, -0.1) is 0 Å². The van der Waals surface area contributed by atoms with Gasteiger partial charge in [0.1, 0.15) is 0 Å². The van der Waals surface area contributed by atoms with Crippen molar-refractivity contribution in [2.75, 3.05) is 0 Å². The topological polar surface area (TPSA) is 65.3 Å². The Kier molecular flexibility index (Phi) is 4.16. The Morgan fingerprint density at radius 3 is 2.33 bits per heavy atom. The Labute approximate surface area is 140 Å². The van der Waals surface area contributed by atoms with Crippen LogP contribution in [-0.4, -0.2) is 16.0 Å². The summed E-state index contributed by atoms with van der Waals surface area (Å²) >= 11 is 0. The number of hydrogen-bond acceptors (Lipinski definition) is 3. The molecule has 2 aromatic carbocycles. The average molecular weight is 324 g/mol. The quantitative estimate of drug-likeness (QED) is 0.570. The number of rotatable bonds is 4. The minimum absolute atomic E-state index is 0.00428. The zero-order valence-electron chi connectivity index (χ0n) is 13.7. The van der Waals surface area contributed by atoms with Crippen LogP contribution in [0.4, 0.5) is 0 Å². The van der Waals surface area contributed by atoms with Crippen molar-refractivity contribution >= 4 is 16.7 Å².